The Hall–Kier alpha value is -8.01. The largest absolute Gasteiger partial charge is 0.477 e. The lowest BCUT2D eigenvalue weighted by Gasteiger charge is -2.49. The summed E-state index contributed by atoms with van der Waals surface area (Å²) in [5.41, 5.74) is 2.70. The van der Waals surface area contributed by atoms with E-state index in [1.807, 2.05) is 146 Å². The van der Waals surface area contributed by atoms with Crippen LogP contribution in [-0.2, 0) is 35.1 Å². The van der Waals surface area contributed by atoms with Crippen molar-refractivity contribution in [2.75, 3.05) is 30.8 Å². The molecule has 3 aliphatic rings. The summed E-state index contributed by atoms with van der Waals surface area (Å²) in [6.07, 6.45) is 2.25. The van der Waals surface area contributed by atoms with Crippen LogP contribution >= 0.6 is 23.1 Å². The molecule has 4 heterocycles. The zero-order chi connectivity index (χ0) is 49.5. The number of aromatic nitrogens is 1. The average molecular weight is 995 g/mol. The molecular formula is C57H50N6O7S2. The second kappa shape index (κ2) is 21.1. The van der Waals surface area contributed by atoms with Gasteiger partial charge in [-0.2, -0.15) is 0 Å². The molecule has 6 aromatic carbocycles. The molecular weight excluding hydrogens is 945 g/mol. The lowest BCUT2D eigenvalue weighted by Crippen LogP contribution is -2.71. The van der Waals surface area contributed by atoms with E-state index in [1.165, 1.54) is 23.1 Å². The summed E-state index contributed by atoms with van der Waals surface area (Å²) in [7, 11) is 0. The van der Waals surface area contributed by atoms with Crippen LogP contribution in [0.15, 0.2) is 204 Å². The topological polar surface area (TPSA) is 163 Å². The van der Waals surface area contributed by atoms with Crippen molar-refractivity contribution >= 4 is 57.8 Å². The Balaban J connectivity index is 1.03. The lowest BCUT2D eigenvalue weighted by molar-refractivity contribution is -0.150. The summed E-state index contributed by atoms with van der Waals surface area (Å²) < 4.78 is 5.58. The Bertz CT molecular complexity index is 2910. The van der Waals surface area contributed by atoms with E-state index in [0.717, 1.165) is 57.5 Å². The standard InChI is InChI=1S/C57H50N6O7S2/c64-50(59-48-51(65)63-49(53(66)67)39(37-71-52(48)63)36-69-55(68)62-34-20-7-21-35-62)47(61-70-57(43-28-14-4-15-29-43,44-30-16-5-17-31-44)45-32-18-6-19-33-45)46-38-72-54(58-46)60-56(40-22-8-1-9-23-40,41-24-10-2-11-25-41)42-26-12-3-13-27-42/h1-6,8-19,22-33,38,48,52H,7,20-21,34-37H2,(H,58,60)(H,59,64)(H,66,67)/b61-47-/t48?,52-/m1/s1. The maximum Gasteiger partial charge on any atom is 0.410 e. The van der Waals surface area contributed by atoms with Crippen molar-refractivity contribution in [2.24, 2.45) is 5.16 Å². The third kappa shape index (κ3) is 9.24. The highest BCUT2D eigenvalue weighted by Gasteiger charge is 2.55. The highest BCUT2D eigenvalue weighted by Crippen LogP contribution is 2.44. The van der Waals surface area contributed by atoms with Gasteiger partial charge in [0.05, 0.1) is 0 Å². The number of carboxylic acids is 1. The fourth-order valence-corrected chi connectivity index (χ4v) is 11.8. The second-order valence-electron chi connectivity index (χ2n) is 17.5. The fraction of sp³-hybridized carbons (Fsp3) is 0.193. The van der Waals surface area contributed by atoms with Crippen LogP contribution in [0.3, 0.4) is 0 Å². The van der Waals surface area contributed by atoms with E-state index < -0.39 is 46.4 Å². The van der Waals surface area contributed by atoms with Gasteiger partial charge in [0.25, 0.3) is 11.8 Å². The smallest absolute Gasteiger partial charge is 0.410 e. The minimum absolute atomic E-state index is 0.153. The number of aliphatic carboxylic acids is 1. The third-order valence-electron chi connectivity index (χ3n) is 13.2. The predicted octanol–water partition coefficient (Wildman–Crippen LogP) is 9.62. The van der Waals surface area contributed by atoms with Gasteiger partial charge in [-0.1, -0.05) is 187 Å². The summed E-state index contributed by atoms with van der Waals surface area (Å²) in [4.78, 5) is 69.7. The molecule has 3 aliphatic heterocycles. The number of carbonyl (C=O) groups excluding carboxylic acids is 3. The van der Waals surface area contributed by atoms with Crippen LogP contribution in [0.4, 0.5) is 9.93 Å². The van der Waals surface area contributed by atoms with Crippen LogP contribution in [0, 0.1) is 0 Å². The Morgan fingerprint density at radius 2 is 1.15 bits per heavy atom. The Morgan fingerprint density at radius 1 is 0.681 bits per heavy atom. The van der Waals surface area contributed by atoms with Gasteiger partial charge >= 0.3 is 12.1 Å². The van der Waals surface area contributed by atoms with Crippen molar-refractivity contribution in [1.82, 2.24) is 20.1 Å². The molecule has 3 N–H and O–H groups in total. The number of nitrogens with zero attached hydrogens (tertiary/aromatic N) is 4. The lowest BCUT2D eigenvalue weighted by atomic mass is 9.77. The number of rotatable bonds is 16. The number of piperidine rings is 1. The molecule has 7 aromatic rings. The average Bonchev–Trinajstić information content (AvgIpc) is 3.91. The van der Waals surface area contributed by atoms with E-state index in [9.17, 15) is 19.5 Å². The molecule has 1 unspecified atom stereocenters. The monoisotopic (exact) mass is 994 g/mol. The minimum atomic E-state index is -1.38. The van der Waals surface area contributed by atoms with Crippen LogP contribution in [-0.4, -0.2) is 86.3 Å². The van der Waals surface area contributed by atoms with Crippen LogP contribution in [0.25, 0.3) is 0 Å². The number of carbonyl (C=O) groups is 4. The first-order valence-electron chi connectivity index (χ1n) is 23.7. The number of hydrogen-bond donors (Lipinski definition) is 3. The molecule has 0 bridgehead atoms. The van der Waals surface area contributed by atoms with E-state index in [2.05, 4.69) is 47.0 Å². The summed E-state index contributed by atoms with van der Waals surface area (Å²) in [5, 5.41) is 23.3. The Labute approximate surface area is 425 Å². The normalized spacial score (nSPS) is 17.1. The molecule has 0 saturated carbocycles. The summed E-state index contributed by atoms with van der Waals surface area (Å²) in [6, 6.07) is 57.9. The van der Waals surface area contributed by atoms with Crippen molar-refractivity contribution in [3.8, 4) is 0 Å². The van der Waals surface area contributed by atoms with E-state index in [4.69, 9.17) is 19.7 Å². The highest BCUT2D eigenvalue weighted by molar-refractivity contribution is 8.00. The molecule has 10 rings (SSSR count). The molecule has 15 heteroatoms. The van der Waals surface area contributed by atoms with Gasteiger partial charge in [0.2, 0.25) is 5.60 Å². The van der Waals surface area contributed by atoms with Crippen molar-refractivity contribution < 1.29 is 33.9 Å². The SMILES string of the molecule is O=C(O)C1=C(COC(=O)N2CCCCC2)CS[C@@H]2C(NC(=O)/C(=N\OC(c3ccccc3)(c3ccccc3)c3ccccc3)c3csc(NC(c4ccccc4)(c4ccccc4)c4ccccc4)n3)C(=O)N12. The van der Waals surface area contributed by atoms with Gasteiger partial charge in [-0.15, -0.1) is 23.1 Å². The zero-order valence-corrected chi connectivity index (χ0v) is 40.6. The fourth-order valence-electron chi connectivity index (χ4n) is 9.70. The van der Waals surface area contributed by atoms with Crippen molar-refractivity contribution in [2.45, 2.75) is 41.8 Å². The van der Waals surface area contributed by atoms with Gasteiger partial charge in [0.15, 0.2) is 10.8 Å². The second-order valence-corrected chi connectivity index (χ2v) is 19.5. The number of β-lactam (4-membered cyclic amide) rings is 1. The maximum atomic E-state index is 15.1. The molecule has 72 heavy (non-hydrogen) atoms. The van der Waals surface area contributed by atoms with Crippen molar-refractivity contribution in [3.63, 3.8) is 0 Å². The third-order valence-corrected chi connectivity index (χ3v) is 15.3. The molecule has 362 valence electrons. The zero-order valence-electron chi connectivity index (χ0n) is 39.0. The summed E-state index contributed by atoms with van der Waals surface area (Å²) in [6.45, 7) is 0.865. The number of hydrogen-bond acceptors (Lipinski definition) is 11. The summed E-state index contributed by atoms with van der Waals surface area (Å²) in [5.74, 6) is -2.58. The molecule has 13 nitrogen and oxygen atoms in total. The van der Waals surface area contributed by atoms with Crippen molar-refractivity contribution in [3.05, 3.63) is 238 Å². The summed E-state index contributed by atoms with van der Waals surface area (Å²) >= 11 is 2.55. The first-order valence-corrected chi connectivity index (χ1v) is 25.7. The number of anilines is 1. The molecule has 2 saturated heterocycles. The Kier molecular flexibility index (Phi) is 14.0. The number of ether oxygens (including phenoxy) is 1. The van der Waals surface area contributed by atoms with E-state index >= 15 is 4.79 Å². The number of fused-ring (bicyclic) bond motifs is 1. The van der Waals surface area contributed by atoms with Gasteiger partial charge in [0.1, 0.15) is 35.0 Å². The van der Waals surface area contributed by atoms with Gasteiger partial charge in [-0.05, 0) is 36.0 Å². The minimum Gasteiger partial charge on any atom is -0.477 e. The van der Waals surface area contributed by atoms with E-state index in [-0.39, 0.29) is 29.5 Å². The molecule has 0 aliphatic carbocycles. The molecule has 2 atom stereocenters. The highest BCUT2D eigenvalue weighted by atomic mass is 32.2. The van der Waals surface area contributed by atoms with E-state index in [0.29, 0.717) is 23.8 Å². The predicted molar refractivity (Wildman–Crippen MR) is 278 cm³/mol. The number of carboxylic acid groups (broad SMARTS) is 1. The van der Waals surface area contributed by atoms with Crippen LogP contribution in [0.1, 0.15) is 58.3 Å². The molecule has 0 spiro atoms. The Morgan fingerprint density at radius 3 is 1.62 bits per heavy atom. The number of benzene rings is 6. The maximum absolute atomic E-state index is 15.1. The molecule has 0 radical (unpaired) electrons. The number of nitrogens with one attached hydrogen (secondary N) is 2. The van der Waals surface area contributed by atoms with Gasteiger partial charge in [-0.3, -0.25) is 14.5 Å². The van der Waals surface area contributed by atoms with Crippen molar-refractivity contribution in [1.29, 1.82) is 0 Å². The number of amides is 3. The number of thiazole rings is 1. The molecule has 3 amide bonds. The quantitative estimate of drug-likeness (QED) is 0.0368. The van der Waals surface area contributed by atoms with Crippen LogP contribution < -0.4 is 10.6 Å². The van der Waals surface area contributed by atoms with Gasteiger partial charge in [0, 0.05) is 46.5 Å². The van der Waals surface area contributed by atoms with Crippen LogP contribution in [0.5, 0.6) is 0 Å². The number of likely N-dealkylation sites (tertiary alicyclic amines) is 1. The molecule has 2 fully saturated rings. The van der Waals surface area contributed by atoms with Gasteiger partial charge in [-0.25, -0.2) is 14.6 Å². The van der Waals surface area contributed by atoms with Gasteiger partial charge < -0.3 is 30.2 Å². The number of oxime groups is 1. The first-order chi connectivity index (χ1) is 35.3. The molecule has 1 aromatic heterocycles. The first kappa shape index (κ1) is 47.7. The number of thioether (sulfide) groups is 1. The van der Waals surface area contributed by atoms with Crippen LogP contribution in [0.2, 0.25) is 0 Å². The van der Waals surface area contributed by atoms with E-state index in [1.54, 1.807) is 10.3 Å².